The summed E-state index contributed by atoms with van der Waals surface area (Å²) >= 11 is 3.37. The highest BCUT2D eigenvalue weighted by Crippen LogP contribution is 2.33. The second-order valence-corrected chi connectivity index (χ2v) is 10.8. The van der Waals surface area contributed by atoms with Gasteiger partial charge in [0.1, 0.15) is 5.25 Å². The van der Waals surface area contributed by atoms with Crippen molar-refractivity contribution in [3.63, 3.8) is 0 Å². The number of carboxylic acids is 5. The Morgan fingerprint density at radius 3 is 2.00 bits per heavy atom. The third kappa shape index (κ3) is 9.74. The predicted molar refractivity (Wildman–Crippen MR) is 137 cm³/mol. The average molecular weight is 568 g/mol. The number of carbonyl (C=O) groups is 5. The lowest BCUT2D eigenvalue weighted by molar-refractivity contribution is -0.147. The van der Waals surface area contributed by atoms with E-state index in [9.17, 15) is 24.0 Å². The minimum atomic E-state index is -1.21. The monoisotopic (exact) mass is 567 g/mol. The summed E-state index contributed by atoms with van der Waals surface area (Å²) in [6.45, 7) is 0. The zero-order valence-corrected chi connectivity index (χ0v) is 21.3. The molecule has 0 aliphatic carbocycles. The summed E-state index contributed by atoms with van der Waals surface area (Å²) in [5, 5.41) is 43.1. The molecular formula is C23H21NO10S3. The third-order valence-electron chi connectivity index (χ3n) is 4.48. The van der Waals surface area contributed by atoms with Crippen molar-refractivity contribution in [1.82, 2.24) is 4.98 Å². The summed E-state index contributed by atoms with van der Waals surface area (Å²) in [5.74, 6) is -6.82. The molecule has 0 saturated heterocycles. The summed E-state index contributed by atoms with van der Waals surface area (Å²) in [4.78, 5) is 58.6. The molecule has 0 bridgehead atoms. The summed E-state index contributed by atoms with van der Waals surface area (Å²) in [6, 6.07) is 13.6. The van der Waals surface area contributed by atoms with Gasteiger partial charge >= 0.3 is 29.8 Å². The number of aromatic nitrogens is 1. The maximum Gasteiger partial charge on any atom is 0.336 e. The largest absolute Gasteiger partial charge is 0.481 e. The molecule has 0 saturated carbocycles. The lowest BCUT2D eigenvalue weighted by atomic mass is 10.1. The Bertz CT molecular complexity index is 1260. The number of aliphatic carboxylic acids is 4. The van der Waals surface area contributed by atoms with Gasteiger partial charge in [-0.25, -0.2) is 9.78 Å². The van der Waals surface area contributed by atoms with Gasteiger partial charge in [0.25, 0.3) is 0 Å². The van der Waals surface area contributed by atoms with Crippen molar-refractivity contribution < 1.29 is 49.5 Å². The maximum atomic E-state index is 11.0. The normalized spacial score (nSPS) is 12.1. The summed E-state index contributed by atoms with van der Waals surface area (Å²) in [7, 11) is 0. The Kier molecular flexibility index (Phi) is 11.4. The number of fused-ring (bicyclic) bond motifs is 1. The van der Waals surface area contributed by atoms with Crippen LogP contribution in [0, 0.1) is 5.92 Å². The van der Waals surface area contributed by atoms with Crippen LogP contribution in [0.3, 0.4) is 0 Å². The Hall–Kier alpha value is -3.62. The van der Waals surface area contributed by atoms with Gasteiger partial charge < -0.3 is 25.5 Å². The fourth-order valence-corrected chi connectivity index (χ4v) is 6.10. The molecule has 37 heavy (non-hydrogen) atoms. The van der Waals surface area contributed by atoms with Crippen LogP contribution in [0.25, 0.3) is 10.2 Å². The third-order valence-corrected chi connectivity index (χ3v) is 8.03. The lowest BCUT2D eigenvalue weighted by Gasteiger charge is -2.10. The van der Waals surface area contributed by atoms with E-state index in [1.54, 1.807) is 18.2 Å². The van der Waals surface area contributed by atoms with E-state index in [-0.39, 0.29) is 11.3 Å². The van der Waals surface area contributed by atoms with Gasteiger partial charge in [0, 0.05) is 10.6 Å². The number of benzene rings is 2. The summed E-state index contributed by atoms with van der Waals surface area (Å²) in [5.41, 5.74) is 0.872. The first-order chi connectivity index (χ1) is 17.5. The van der Waals surface area contributed by atoms with Crippen LogP contribution >= 0.6 is 34.9 Å². The van der Waals surface area contributed by atoms with Crippen molar-refractivity contribution in [2.24, 2.45) is 5.92 Å². The van der Waals surface area contributed by atoms with E-state index in [1.807, 2.05) is 24.3 Å². The number of hydrogen-bond acceptors (Lipinski definition) is 9. The van der Waals surface area contributed by atoms with Crippen molar-refractivity contribution in [3.05, 3.63) is 54.1 Å². The second-order valence-electron chi connectivity index (χ2n) is 7.24. The zero-order chi connectivity index (χ0) is 27.5. The number of carboxylic acid groups (broad SMARTS) is 5. The molecule has 2 unspecified atom stereocenters. The maximum absolute atomic E-state index is 11.0. The summed E-state index contributed by atoms with van der Waals surface area (Å²) in [6.07, 6.45) is -0.909. The fraction of sp³-hybridized carbons (Fsp3) is 0.217. The van der Waals surface area contributed by atoms with Crippen molar-refractivity contribution in [1.29, 1.82) is 0 Å². The first-order valence-electron chi connectivity index (χ1n) is 10.3. The molecule has 0 spiro atoms. The molecule has 14 heteroatoms. The highest BCUT2D eigenvalue weighted by Gasteiger charge is 2.24. The molecular weight excluding hydrogens is 546 g/mol. The Labute approximate surface area is 222 Å². The van der Waals surface area contributed by atoms with Crippen LogP contribution in [-0.2, 0) is 19.2 Å². The van der Waals surface area contributed by atoms with Crippen LogP contribution in [0.15, 0.2) is 57.8 Å². The average Bonchev–Trinajstić information content (AvgIpc) is 3.23. The zero-order valence-electron chi connectivity index (χ0n) is 18.8. The van der Waals surface area contributed by atoms with Crippen molar-refractivity contribution in [2.45, 2.75) is 27.3 Å². The number of nitrogens with zero attached hydrogens (tertiary/aromatic N) is 1. The molecule has 3 rings (SSSR count). The van der Waals surface area contributed by atoms with E-state index >= 15 is 0 Å². The van der Waals surface area contributed by atoms with Gasteiger partial charge in [-0.05, 0) is 24.3 Å². The van der Waals surface area contributed by atoms with Gasteiger partial charge in [-0.15, -0.1) is 23.1 Å². The molecule has 11 nitrogen and oxygen atoms in total. The highest BCUT2D eigenvalue weighted by molar-refractivity contribution is 8.02. The molecule has 0 aliphatic heterocycles. The summed E-state index contributed by atoms with van der Waals surface area (Å²) < 4.78 is 1.53. The molecule has 196 valence electrons. The highest BCUT2D eigenvalue weighted by atomic mass is 32.2. The predicted octanol–water partition coefficient (Wildman–Crippen LogP) is 3.97. The molecule has 1 aromatic heterocycles. The molecule has 5 N–H and O–H groups in total. The molecule has 0 fully saturated rings. The lowest BCUT2D eigenvalue weighted by Crippen LogP contribution is -2.20. The smallest absolute Gasteiger partial charge is 0.336 e. The SMILES string of the molecule is O=C(O)CC(CSc1ccccc1C(=O)O)C(=O)O.O=C(O)CC(Sc1nc2ccccc2s1)C(=O)O. The van der Waals surface area contributed by atoms with Crippen molar-refractivity contribution in [3.8, 4) is 0 Å². The van der Waals surface area contributed by atoms with Crippen LogP contribution in [-0.4, -0.2) is 71.4 Å². The number of para-hydroxylation sites is 1. The number of rotatable bonds is 12. The number of thiazole rings is 1. The molecule has 2 aromatic carbocycles. The molecule has 3 aromatic rings. The molecule has 0 radical (unpaired) electrons. The second kappa shape index (κ2) is 14.2. The van der Waals surface area contributed by atoms with Gasteiger partial charge in [-0.1, -0.05) is 36.0 Å². The van der Waals surface area contributed by atoms with Gasteiger partial charge in [0.05, 0.1) is 34.5 Å². The molecule has 2 atom stereocenters. The van der Waals surface area contributed by atoms with E-state index in [4.69, 9.17) is 25.5 Å². The van der Waals surface area contributed by atoms with Crippen LogP contribution < -0.4 is 0 Å². The van der Waals surface area contributed by atoms with Gasteiger partial charge in [-0.2, -0.15) is 0 Å². The van der Waals surface area contributed by atoms with Crippen LogP contribution in [0.2, 0.25) is 0 Å². The van der Waals surface area contributed by atoms with E-state index < -0.39 is 53.9 Å². The fourth-order valence-electron chi connectivity index (χ4n) is 2.75. The van der Waals surface area contributed by atoms with Crippen LogP contribution in [0.4, 0.5) is 0 Å². The van der Waals surface area contributed by atoms with Gasteiger partial charge in [0.2, 0.25) is 0 Å². The van der Waals surface area contributed by atoms with Crippen molar-refractivity contribution in [2.75, 3.05) is 5.75 Å². The van der Waals surface area contributed by atoms with E-state index in [1.165, 1.54) is 17.4 Å². The first-order valence-corrected chi connectivity index (χ1v) is 13.0. The van der Waals surface area contributed by atoms with E-state index in [0.717, 1.165) is 33.7 Å². The minimum Gasteiger partial charge on any atom is -0.481 e. The van der Waals surface area contributed by atoms with Gasteiger partial charge in [-0.3, -0.25) is 19.2 Å². The molecule has 0 aliphatic rings. The standard InChI is InChI=1S/C12H12O6S.C11H9NO4S2/c13-10(14)5-7(11(15)16)6-19-9-4-2-1-3-8(9)12(17)18;13-9(14)5-8(10(15)16)18-11-12-6-3-1-2-4-7(6)17-11/h1-4,7H,5-6H2,(H,13,14)(H,15,16)(H,17,18);1-4,8H,5H2,(H,13,14)(H,15,16). The number of hydrogen-bond donors (Lipinski definition) is 5. The minimum absolute atomic E-state index is 0.00588. The van der Waals surface area contributed by atoms with E-state index in [0.29, 0.717) is 9.24 Å². The number of thioether (sulfide) groups is 2. The Balaban J connectivity index is 0.000000260. The molecule has 0 amide bonds. The topological polar surface area (TPSA) is 199 Å². The molecule has 1 heterocycles. The van der Waals surface area contributed by atoms with Crippen LogP contribution in [0.5, 0.6) is 0 Å². The number of aromatic carboxylic acids is 1. The first kappa shape index (κ1) is 29.6. The van der Waals surface area contributed by atoms with E-state index in [2.05, 4.69) is 4.98 Å². The Morgan fingerprint density at radius 1 is 0.811 bits per heavy atom. The Morgan fingerprint density at radius 2 is 1.43 bits per heavy atom. The van der Waals surface area contributed by atoms with Crippen LogP contribution in [0.1, 0.15) is 23.2 Å². The quantitative estimate of drug-likeness (QED) is 0.197. The van der Waals surface area contributed by atoms with Crippen molar-refractivity contribution >= 4 is 74.9 Å². The van der Waals surface area contributed by atoms with Gasteiger partial charge in [0.15, 0.2) is 4.34 Å².